The summed E-state index contributed by atoms with van der Waals surface area (Å²) < 4.78 is 10.0. The Morgan fingerprint density at radius 3 is 2.12 bits per heavy atom. The van der Waals surface area contributed by atoms with E-state index in [0.717, 1.165) is 0 Å². The van der Waals surface area contributed by atoms with Gasteiger partial charge in [0.05, 0.1) is 6.61 Å². The van der Waals surface area contributed by atoms with Crippen molar-refractivity contribution in [3.05, 3.63) is 0 Å². The molecule has 0 aliphatic heterocycles. The Kier molecular flexibility index (Phi) is 9.40. The average Bonchev–Trinajstić information content (AvgIpc) is 2.41. The number of rotatable bonds is 8. The quantitative estimate of drug-likeness (QED) is 0.659. The maximum Gasteiger partial charge on any atom is 0.407 e. The lowest BCUT2D eigenvalue weighted by atomic mass is 9.88. The second-order valence-electron chi connectivity index (χ2n) is 7.14. The van der Waals surface area contributed by atoms with E-state index < -0.39 is 17.7 Å². The molecule has 0 aromatic heterocycles. The van der Waals surface area contributed by atoms with Gasteiger partial charge in [-0.25, -0.2) is 4.79 Å². The number of carbonyl (C=O) groups excluding carboxylic acids is 3. The Hall–Kier alpha value is -1.79. The van der Waals surface area contributed by atoms with Crippen molar-refractivity contribution in [2.24, 2.45) is 11.8 Å². The monoisotopic (exact) mass is 344 g/mol. The zero-order valence-corrected chi connectivity index (χ0v) is 15.9. The molecule has 24 heavy (non-hydrogen) atoms. The van der Waals surface area contributed by atoms with Crippen LogP contribution in [0.15, 0.2) is 0 Å². The zero-order chi connectivity index (χ0) is 18.9. The Balaban J connectivity index is 4.70. The van der Waals surface area contributed by atoms with Crippen LogP contribution in [0.2, 0.25) is 0 Å². The van der Waals surface area contributed by atoms with Crippen molar-refractivity contribution in [1.29, 1.82) is 0 Å². The molecule has 0 aromatic rings. The van der Waals surface area contributed by atoms with Crippen molar-refractivity contribution in [3.8, 4) is 0 Å². The standard InChI is InChI=1S/C17H32N2O5/c1-8-23-15(21)10-18-14(20)9-13(12(4)11(2)3)19-16(22)24-17(5,6)7/h11-13H,8-10H2,1-7H3,(H,18,20)(H,19,22)/t12-,13?/m0/s1. The van der Waals surface area contributed by atoms with Gasteiger partial charge in [0.15, 0.2) is 0 Å². The van der Waals surface area contributed by atoms with Crippen LogP contribution in [-0.2, 0) is 19.1 Å². The number of alkyl carbamates (subject to hydrolysis) is 1. The summed E-state index contributed by atoms with van der Waals surface area (Å²) in [6.07, 6.45) is -0.490. The van der Waals surface area contributed by atoms with Gasteiger partial charge in [-0.2, -0.15) is 0 Å². The molecule has 140 valence electrons. The molecular formula is C17H32N2O5. The second kappa shape index (κ2) is 10.2. The molecule has 0 rings (SSSR count). The lowest BCUT2D eigenvalue weighted by Gasteiger charge is -2.29. The number of nitrogens with one attached hydrogen (secondary N) is 2. The highest BCUT2D eigenvalue weighted by Gasteiger charge is 2.27. The summed E-state index contributed by atoms with van der Waals surface area (Å²) in [7, 11) is 0. The fraction of sp³-hybridized carbons (Fsp3) is 0.824. The topological polar surface area (TPSA) is 93.7 Å². The normalized spacial score (nSPS) is 13.8. The first-order chi connectivity index (χ1) is 11.0. The van der Waals surface area contributed by atoms with E-state index in [1.165, 1.54) is 0 Å². The minimum absolute atomic E-state index is 0.0610. The minimum atomic E-state index is -0.609. The molecule has 0 aromatic carbocycles. The number of carbonyl (C=O) groups is 3. The van der Waals surface area contributed by atoms with Crippen LogP contribution in [0.25, 0.3) is 0 Å². The van der Waals surface area contributed by atoms with Crippen LogP contribution in [0.4, 0.5) is 4.79 Å². The van der Waals surface area contributed by atoms with Gasteiger partial charge in [-0.1, -0.05) is 20.8 Å². The summed E-state index contributed by atoms with van der Waals surface area (Å²) in [5.74, 6) is -0.482. The van der Waals surface area contributed by atoms with Gasteiger partial charge < -0.3 is 20.1 Å². The van der Waals surface area contributed by atoms with Crippen LogP contribution in [0, 0.1) is 11.8 Å². The van der Waals surface area contributed by atoms with E-state index in [1.807, 2.05) is 20.8 Å². The van der Waals surface area contributed by atoms with E-state index in [9.17, 15) is 14.4 Å². The summed E-state index contributed by atoms with van der Waals surface area (Å²) in [5, 5.41) is 5.27. The number of ether oxygens (including phenoxy) is 2. The molecule has 0 saturated carbocycles. The summed E-state index contributed by atoms with van der Waals surface area (Å²) in [6.45, 7) is 13.1. The number of hydrogen-bond acceptors (Lipinski definition) is 5. The van der Waals surface area contributed by atoms with Crippen molar-refractivity contribution < 1.29 is 23.9 Å². The van der Waals surface area contributed by atoms with E-state index in [-0.39, 0.29) is 43.4 Å². The predicted molar refractivity (Wildman–Crippen MR) is 91.4 cm³/mol. The van der Waals surface area contributed by atoms with Gasteiger partial charge in [-0.3, -0.25) is 9.59 Å². The van der Waals surface area contributed by atoms with Crippen LogP contribution in [0.5, 0.6) is 0 Å². The maximum absolute atomic E-state index is 12.0. The lowest BCUT2D eigenvalue weighted by Crippen LogP contribution is -2.46. The summed E-state index contributed by atoms with van der Waals surface area (Å²) in [5.41, 5.74) is -0.609. The molecule has 2 N–H and O–H groups in total. The zero-order valence-electron chi connectivity index (χ0n) is 15.9. The van der Waals surface area contributed by atoms with E-state index in [4.69, 9.17) is 9.47 Å². The molecular weight excluding hydrogens is 312 g/mol. The van der Waals surface area contributed by atoms with Gasteiger partial charge in [0.1, 0.15) is 12.1 Å². The molecule has 0 aliphatic rings. The number of esters is 1. The highest BCUT2D eigenvalue weighted by atomic mass is 16.6. The van der Waals surface area contributed by atoms with Crippen LogP contribution in [0.3, 0.4) is 0 Å². The predicted octanol–water partition coefficient (Wildman–Crippen LogP) is 2.24. The minimum Gasteiger partial charge on any atom is -0.465 e. The van der Waals surface area contributed by atoms with Crippen molar-refractivity contribution >= 4 is 18.0 Å². The summed E-state index contributed by atoms with van der Waals surface area (Å²) >= 11 is 0. The number of amides is 2. The third-order valence-corrected chi connectivity index (χ3v) is 3.53. The molecule has 1 unspecified atom stereocenters. The first-order valence-corrected chi connectivity index (χ1v) is 8.38. The van der Waals surface area contributed by atoms with E-state index >= 15 is 0 Å². The highest BCUT2D eigenvalue weighted by molar-refractivity contribution is 5.82. The highest BCUT2D eigenvalue weighted by Crippen LogP contribution is 2.18. The van der Waals surface area contributed by atoms with Gasteiger partial charge in [-0.15, -0.1) is 0 Å². The van der Waals surface area contributed by atoms with Gasteiger partial charge in [0.2, 0.25) is 5.91 Å². The van der Waals surface area contributed by atoms with Gasteiger partial charge in [0.25, 0.3) is 0 Å². The van der Waals surface area contributed by atoms with Crippen LogP contribution in [-0.4, -0.2) is 42.8 Å². The van der Waals surface area contributed by atoms with Crippen molar-refractivity contribution in [3.63, 3.8) is 0 Å². The van der Waals surface area contributed by atoms with Crippen molar-refractivity contribution in [2.45, 2.75) is 66.5 Å². The average molecular weight is 344 g/mol. The largest absolute Gasteiger partial charge is 0.465 e. The molecule has 7 nitrogen and oxygen atoms in total. The fourth-order valence-corrected chi connectivity index (χ4v) is 1.95. The molecule has 0 radical (unpaired) electrons. The van der Waals surface area contributed by atoms with Crippen LogP contribution < -0.4 is 10.6 Å². The second-order valence-corrected chi connectivity index (χ2v) is 7.14. The van der Waals surface area contributed by atoms with Gasteiger partial charge in [-0.05, 0) is 39.5 Å². The Labute approximate surface area is 144 Å². The van der Waals surface area contributed by atoms with E-state index in [1.54, 1.807) is 27.7 Å². The van der Waals surface area contributed by atoms with Crippen LogP contribution in [0.1, 0.15) is 54.9 Å². The van der Waals surface area contributed by atoms with Crippen LogP contribution >= 0.6 is 0 Å². The van der Waals surface area contributed by atoms with Gasteiger partial charge >= 0.3 is 12.1 Å². The SMILES string of the molecule is CCOC(=O)CNC(=O)CC(NC(=O)OC(C)(C)C)[C@@H](C)C(C)C. The van der Waals surface area contributed by atoms with E-state index in [0.29, 0.717) is 0 Å². The lowest BCUT2D eigenvalue weighted by molar-refractivity contribution is -0.143. The smallest absolute Gasteiger partial charge is 0.407 e. The molecule has 0 spiro atoms. The van der Waals surface area contributed by atoms with Crippen molar-refractivity contribution in [1.82, 2.24) is 10.6 Å². The Morgan fingerprint density at radius 2 is 1.67 bits per heavy atom. The summed E-state index contributed by atoms with van der Waals surface area (Å²) in [6, 6.07) is -0.387. The number of hydrogen-bond donors (Lipinski definition) is 2. The Morgan fingerprint density at radius 1 is 1.08 bits per heavy atom. The third-order valence-electron chi connectivity index (χ3n) is 3.53. The molecule has 0 bridgehead atoms. The van der Waals surface area contributed by atoms with Crippen molar-refractivity contribution in [2.75, 3.05) is 13.2 Å². The third kappa shape index (κ3) is 10.1. The molecule has 0 saturated heterocycles. The first kappa shape index (κ1) is 22.2. The first-order valence-electron chi connectivity index (χ1n) is 8.38. The fourth-order valence-electron chi connectivity index (χ4n) is 1.95. The molecule has 7 heteroatoms. The Bertz CT molecular complexity index is 429. The molecule has 0 aliphatic carbocycles. The van der Waals surface area contributed by atoms with Gasteiger partial charge in [0, 0.05) is 12.5 Å². The maximum atomic E-state index is 12.0. The van der Waals surface area contributed by atoms with E-state index in [2.05, 4.69) is 10.6 Å². The molecule has 2 amide bonds. The molecule has 0 heterocycles. The molecule has 2 atom stereocenters. The molecule has 0 fully saturated rings. The summed E-state index contributed by atoms with van der Waals surface area (Å²) in [4.78, 5) is 35.3.